The second-order valence-corrected chi connectivity index (χ2v) is 8.41. The Labute approximate surface area is 131 Å². The van der Waals surface area contributed by atoms with E-state index in [1.165, 1.54) is 6.42 Å². The molecule has 21 heavy (non-hydrogen) atoms. The summed E-state index contributed by atoms with van der Waals surface area (Å²) in [6.45, 7) is 2.00. The predicted molar refractivity (Wildman–Crippen MR) is 90.1 cm³/mol. The Morgan fingerprint density at radius 3 is 2.76 bits per heavy atom. The molecule has 2 atom stereocenters. The van der Waals surface area contributed by atoms with Crippen molar-refractivity contribution in [2.24, 2.45) is 0 Å². The normalized spacial score (nSPS) is 23.1. The minimum Gasteiger partial charge on any atom is -0.398 e. The molecule has 0 heterocycles. The summed E-state index contributed by atoms with van der Waals surface area (Å²) in [5.74, 6) is 0. The predicted octanol–water partition coefficient (Wildman–Crippen LogP) is 2.78. The van der Waals surface area contributed by atoms with Gasteiger partial charge in [-0.2, -0.15) is 11.8 Å². The molecule has 2 rings (SSSR count). The van der Waals surface area contributed by atoms with E-state index >= 15 is 0 Å². The summed E-state index contributed by atoms with van der Waals surface area (Å²) in [7, 11) is -3.48. The van der Waals surface area contributed by atoms with E-state index in [-0.39, 0.29) is 10.9 Å². The van der Waals surface area contributed by atoms with E-state index in [9.17, 15) is 8.42 Å². The molecule has 1 aliphatic rings. The lowest BCUT2D eigenvalue weighted by Crippen LogP contribution is -2.39. The summed E-state index contributed by atoms with van der Waals surface area (Å²) in [5.41, 5.74) is 7.44. The number of hydrogen-bond donors (Lipinski definition) is 2. The standard InChI is InChI=1S/C15H24N2O2S2/c1-3-11-7-8-14(10-15(11)16)21(18,19)17-12-5-4-6-13(9-12)20-2/h7-8,10,12-13,17H,3-6,9,16H2,1-2H3. The van der Waals surface area contributed by atoms with Crippen LogP contribution in [0.1, 0.15) is 38.2 Å². The highest BCUT2D eigenvalue weighted by Gasteiger charge is 2.26. The number of hydrogen-bond acceptors (Lipinski definition) is 4. The van der Waals surface area contributed by atoms with Crippen LogP contribution in [0.5, 0.6) is 0 Å². The molecule has 1 aromatic carbocycles. The number of nitrogen functional groups attached to an aromatic ring is 1. The minimum absolute atomic E-state index is 0.0354. The number of rotatable bonds is 5. The fourth-order valence-corrected chi connectivity index (χ4v) is 4.96. The third-order valence-corrected chi connectivity index (χ3v) is 6.70. The molecule has 0 spiro atoms. The molecule has 0 radical (unpaired) electrons. The Morgan fingerprint density at radius 2 is 2.14 bits per heavy atom. The van der Waals surface area contributed by atoms with Gasteiger partial charge in [-0.15, -0.1) is 0 Å². The summed E-state index contributed by atoms with van der Waals surface area (Å²) in [4.78, 5) is 0.267. The zero-order chi connectivity index (χ0) is 15.5. The van der Waals surface area contributed by atoms with Crippen molar-refractivity contribution in [2.45, 2.75) is 55.2 Å². The van der Waals surface area contributed by atoms with Crippen LogP contribution in [0, 0.1) is 0 Å². The van der Waals surface area contributed by atoms with E-state index in [1.807, 2.05) is 18.7 Å². The molecule has 118 valence electrons. The van der Waals surface area contributed by atoms with Crippen LogP contribution >= 0.6 is 11.8 Å². The van der Waals surface area contributed by atoms with E-state index in [0.29, 0.717) is 10.9 Å². The molecule has 0 aliphatic heterocycles. The lowest BCUT2D eigenvalue weighted by Gasteiger charge is -2.28. The maximum absolute atomic E-state index is 12.5. The third-order valence-electron chi connectivity index (χ3n) is 4.09. The Balaban J connectivity index is 2.13. The maximum Gasteiger partial charge on any atom is 0.240 e. The van der Waals surface area contributed by atoms with Crippen molar-refractivity contribution in [3.8, 4) is 0 Å². The second kappa shape index (κ2) is 7.03. The van der Waals surface area contributed by atoms with Crippen LogP contribution in [-0.4, -0.2) is 26.0 Å². The Kier molecular flexibility index (Phi) is 5.57. The van der Waals surface area contributed by atoms with Crippen LogP contribution in [0.15, 0.2) is 23.1 Å². The molecule has 3 N–H and O–H groups in total. The van der Waals surface area contributed by atoms with Gasteiger partial charge >= 0.3 is 0 Å². The van der Waals surface area contributed by atoms with Gasteiger partial charge in [0.1, 0.15) is 0 Å². The van der Waals surface area contributed by atoms with Crippen molar-refractivity contribution in [3.05, 3.63) is 23.8 Å². The van der Waals surface area contributed by atoms with Crippen LogP contribution in [0.3, 0.4) is 0 Å². The zero-order valence-corrected chi connectivity index (χ0v) is 14.3. The molecule has 0 amide bonds. The molecule has 1 aliphatic carbocycles. The molecule has 4 nitrogen and oxygen atoms in total. The van der Waals surface area contributed by atoms with Gasteiger partial charge in [-0.1, -0.05) is 19.4 Å². The van der Waals surface area contributed by atoms with Gasteiger partial charge in [0.05, 0.1) is 4.90 Å². The van der Waals surface area contributed by atoms with Gasteiger partial charge in [-0.25, -0.2) is 13.1 Å². The Bertz CT molecular complexity index is 587. The summed E-state index contributed by atoms with van der Waals surface area (Å²) in [6.07, 6.45) is 6.97. The number of sulfonamides is 1. The van der Waals surface area contributed by atoms with E-state index in [2.05, 4.69) is 11.0 Å². The van der Waals surface area contributed by atoms with Crippen molar-refractivity contribution in [1.82, 2.24) is 4.72 Å². The molecule has 1 fully saturated rings. The van der Waals surface area contributed by atoms with Crippen molar-refractivity contribution in [3.63, 3.8) is 0 Å². The molecule has 1 saturated carbocycles. The molecular weight excluding hydrogens is 304 g/mol. The fourth-order valence-electron chi connectivity index (χ4n) is 2.82. The molecular formula is C15H24N2O2S2. The quantitative estimate of drug-likeness (QED) is 0.815. The first-order valence-electron chi connectivity index (χ1n) is 7.39. The summed E-state index contributed by atoms with van der Waals surface area (Å²) < 4.78 is 27.8. The topological polar surface area (TPSA) is 72.2 Å². The van der Waals surface area contributed by atoms with Crippen LogP contribution in [-0.2, 0) is 16.4 Å². The molecule has 0 bridgehead atoms. The Morgan fingerprint density at radius 1 is 1.38 bits per heavy atom. The number of aryl methyl sites for hydroxylation is 1. The van der Waals surface area contributed by atoms with Crippen molar-refractivity contribution in [2.75, 3.05) is 12.0 Å². The average Bonchev–Trinajstić information content (AvgIpc) is 2.47. The van der Waals surface area contributed by atoms with Crippen molar-refractivity contribution < 1.29 is 8.42 Å². The van der Waals surface area contributed by atoms with Gasteiger partial charge in [-0.05, 0) is 49.6 Å². The highest BCUT2D eigenvalue weighted by Crippen LogP contribution is 2.28. The van der Waals surface area contributed by atoms with Gasteiger partial charge in [-0.3, -0.25) is 0 Å². The van der Waals surface area contributed by atoms with E-state index in [0.717, 1.165) is 31.2 Å². The largest absolute Gasteiger partial charge is 0.398 e. The van der Waals surface area contributed by atoms with Gasteiger partial charge in [0, 0.05) is 17.0 Å². The average molecular weight is 329 g/mol. The summed E-state index contributed by atoms with van der Waals surface area (Å²) in [6, 6.07) is 5.05. The van der Waals surface area contributed by atoms with Gasteiger partial charge in [0.2, 0.25) is 10.0 Å². The van der Waals surface area contributed by atoms with Crippen LogP contribution in [0.4, 0.5) is 5.69 Å². The smallest absolute Gasteiger partial charge is 0.240 e. The molecule has 0 saturated heterocycles. The van der Waals surface area contributed by atoms with E-state index in [1.54, 1.807) is 18.2 Å². The lowest BCUT2D eigenvalue weighted by atomic mass is 9.96. The highest BCUT2D eigenvalue weighted by molar-refractivity contribution is 7.99. The number of nitrogens with two attached hydrogens (primary N) is 1. The first-order valence-corrected chi connectivity index (χ1v) is 10.2. The van der Waals surface area contributed by atoms with Crippen LogP contribution in [0.2, 0.25) is 0 Å². The van der Waals surface area contributed by atoms with Crippen LogP contribution in [0.25, 0.3) is 0 Å². The summed E-state index contributed by atoms with van der Waals surface area (Å²) in [5, 5.41) is 0.555. The first-order chi connectivity index (χ1) is 9.96. The van der Waals surface area contributed by atoms with E-state index < -0.39 is 10.0 Å². The highest BCUT2D eigenvalue weighted by atomic mass is 32.2. The van der Waals surface area contributed by atoms with Crippen molar-refractivity contribution in [1.29, 1.82) is 0 Å². The van der Waals surface area contributed by atoms with Gasteiger partial charge < -0.3 is 5.73 Å². The van der Waals surface area contributed by atoms with Gasteiger partial charge in [0.15, 0.2) is 0 Å². The molecule has 1 aromatic rings. The minimum atomic E-state index is -3.48. The molecule has 2 unspecified atom stereocenters. The SMILES string of the molecule is CCc1ccc(S(=O)(=O)NC2CCCC(SC)C2)cc1N. The number of benzene rings is 1. The number of anilines is 1. The molecule has 0 aromatic heterocycles. The first kappa shape index (κ1) is 16.6. The lowest BCUT2D eigenvalue weighted by molar-refractivity contribution is 0.421. The zero-order valence-electron chi connectivity index (χ0n) is 12.6. The maximum atomic E-state index is 12.5. The van der Waals surface area contributed by atoms with Crippen molar-refractivity contribution >= 4 is 27.5 Å². The Hall–Kier alpha value is -0.720. The van der Waals surface area contributed by atoms with Crippen LogP contribution < -0.4 is 10.5 Å². The van der Waals surface area contributed by atoms with Gasteiger partial charge in [0.25, 0.3) is 0 Å². The monoisotopic (exact) mass is 328 g/mol. The fraction of sp³-hybridized carbons (Fsp3) is 0.600. The third kappa shape index (κ3) is 4.14. The number of thioether (sulfide) groups is 1. The summed E-state index contributed by atoms with van der Waals surface area (Å²) >= 11 is 1.82. The second-order valence-electron chi connectivity index (χ2n) is 5.56. The van der Waals surface area contributed by atoms with E-state index in [4.69, 9.17) is 5.73 Å². The molecule has 6 heteroatoms. The number of nitrogens with one attached hydrogen (secondary N) is 1.